The van der Waals surface area contributed by atoms with E-state index in [0.29, 0.717) is 12.0 Å². The number of fused-ring (bicyclic) bond motifs is 1. The monoisotopic (exact) mass is 240 g/mol. The lowest BCUT2D eigenvalue weighted by Crippen LogP contribution is -2.46. The molecule has 0 spiro atoms. The van der Waals surface area contributed by atoms with Crippen molar-refractivity contribution in [3.8, 4) is 0 Å². The number of carbonyl (C=O) groups is 1. The quantitative estimate of drug-likeness (QED) is 0.704. The number of ether oxygens (including phenoxy) is 1. The molecule has 2 rings (SSSR count). The van der Waals surface area contributed by atoms with Crippen LogP contribution in [0.4, 0.5) is 4.79 Å². The minimum absolute atomic E-state index is 0.141. The van der Waals surface area contributed by atoms with Crippen molar-refractivity contribution in [2.45, 2.75) is 51.7 Å². The summed E-state index contributed by atoms with van der Waals surface area (Å²) in [4.78, 5) is 14.1. The van der Waals surface area contributed by atoms with Gasteiger partial charge in [0.25, 0.3) is 0 Å². The molecule has 98 valence electrons. The number of rotatable bonds is 0. The SMILES string of the molecule is CC(C)(C)OC(=O)N1CCCCC2CNCC21. The van der Waals surface area contributed by atoms with Crippen LogP contribution in [0, 0.1) is 5.92 Å². The lowest BCUT2D eigenvalue weighted by atomic mass is 9.98. The molecule has 1 amide bonds. The zero-order valence-corrected chi connectivity index (χ0v) is 11.2. The van der Waals surface area contributed by atoms with Crippen molar-refractivity contribution in [3.63, 3.8) is 0 Å². The van der Waals surface area contributed by atoms with Crippen LogP contribution in [0.2, 0.25) is 0 Å². The van der Waals surface area contributed by atoms with Crippen molar-refractivity contribution >= 4 is 6.09 Å². The first-order chi connectivity index (χ1) is 7.97. The fourth-order valence-electron chi connectivity index (χ4n) is 2.78. The van der Waals surface area contributed by atoms with Crippen molar-refractivity contribution in [1.82, 2.24) is 10.2 Å². The van der Waals surface area contributed by atoms with Gasteiger partial charge in [0.2, 0.25) is 0 Å². The Morgan fingerprint density at radius 2 is 2.06 bits per heavy atom. The number of nitrogens with zero attached hydrogens (tertiary/aromatic N) is 1. The van der Waals surface area contributed by atoms with Crippen molar-refractivity contribution in [1.29, 1.82) is 0 Å². The molecule has 2 fully saturated rings. The molecule has 2 atom stereocenters. The minimum Gasteiger partial charge on any atom is -0.444 e. The number of nitrogens with one attached hydrogen (secondary N) is 1. The number of hydrogen-bond acceptors (Lipinski definition) is 3. The molecule has 0 aromatic carbocycles. The number of carbonyl (C=O) groups excluding carboxylic acids is 1. The van der Waals surface area contributed by atoms with Gasteiger partial charge in [-0.15, -0.1) is 0 Å². The summed E-state index contributed by atoms with van der Waals surface area (Å²) in [6.45, 7) is 8.58. The average Bonchev–Trinajstić information content (AvgIpc) is 2.55. The standard InChI is InChI=1S/C13H24N2O2/c1-13(2,3)17-12(16)15-7-5-4-6-10-8-14-9-11(10)15/h10-11,14H,4-9H2,1-3H3. The van der Waals surface area contributed by atoms with Crippen LogP contribution in [0.1, 0.15) is 40.0 Å². The molecule has 0 aliphatic carbocycles. The summed E-state index contributed by atoms with van der Waals surface area (Å²) in [7, 11) is 0. The zero-order valence-electron chi connectivity index (χ0n) is 11.2. The van der Waals surface area contributed by atoms with Gasteiger partial charge in [0.1, 0.15) is 5.60 Å². The van der Waals surface area contributed by atoms with E-state index in [4.69, 9.17) is 4.74 Å². The lowest BCUT2D eigenvalue weighted by Gasteiger charge is -2.32. The van der Waals surface area contributed by atoms with E-state index in [-0.39, 0.29) is 6.09 Å². The van der Waals surface area contributed by atoms with Gasteiger partial charge in [0, 0.05) is 19.6 Å². The summed E-state index contributed by atoms with van der Waals surface area (Å²) in [5.74, 6) is 0.616. The van der Waals surface area contributed by atoms with E-state index >= 15 is 0 Å². The molecule has 0 bridgehead atoms. The number of amides is 1. The highest BCUT2D eigenvalue weighted by Crippen LogP contribution is 2.27. The molecule has 2 aliphatic rings. The minimum atomic E-state index is -0.398. The number of likely N-dealkylation sites (tertiary alicyclic amines) is 1. The topological polar surface area (TPSA) is 41.6 Å². The first-order valence-corrected chi connectivity index (χ1v) is 6.68. The van der Waals surface area contributed by atoms with Crippen LogP contribution in [0.3, 0.4) is 0 Å². The van der Waals surface area contributed by atoms with Gasteiger partial charge in [-0.2, -0.15) is 0 Å². The molecule has 0 aromatic heterocycles. The normalized spacial score (nSPS) is 29.7. The van der Waals surface area contributed by atoms with Crippen LogP contribution in [0.5, 0.6) is 0 Å². The fraction of sp³-hybridized carbons (Fsp3) is 0.923. The van der Waals surface area contributed by atoms with Gasteiger partial charge < -0.3 is 15.0 Å². The van der Waals surface area contributed by atoms with Crippen LogP contribution < -0.4 is 5.32 Å². The van der Waals surface area contributed by atoms with Gasteiger partial charge in [-0.05, 0) is 39.5 Å². The largest absolute Gasteiger partial charge is 0.444 e. The van der Waals surface area contributed by atoms with Crippen molar-refractivity contribution < 1.29 is 9.53 Å². The molecule has 0 aromatic rings. The first kappa shape index (κ1) is 12.7. The third-order valence-corrected chi connectivity index (χ3v) is 3.56. The Morgan fingerprint density at radius 3 is 2.76 bits per heavy atom. The molecule has 2 saturated heterocycles. The Balaban J connectivity index is 2.04. The predicted octanol–water partition coefficient (Wildman–Crippen LogP) is 2.00. The molecule has 2 unspecified atom stereocenters. The smallest absolute Gasteiger partial charge is 0.410 e. The molecule has 2 aliphatic heterocycles. The summed E-state index contributed by atoms with van der Waals surface area (Å²) in [5, 5.41) is 3.39. The second-order valence-corrected chi connectivity index (χ2v) is 6.16. The van der Waals surface area contributed by atoms with Gasteiger partial charge >= 0.3 is 6.09 Å². The number of hydrogen-bond donors (Lipinski definition) is 1. The summed E-state index contributed by atoms with van der Waals surface area (Å²) in [6.07, 6.45) is 3.42. The molecule has 17 heavy (non-hydrogen) atoms. The van der Waals surface area contributed by atoms with Gasteiger partial charge in [0.05, 0.1) is 6.04 Å². The first-order valence-electron chi connectivity index (χ1n) is 6.68. The maximum atomic E-state index is 12.2. The Kier molecular flexibility index (Phi) is 3.61. The Labute approximate surface area is 104 Å². The van der Waals surface area contributed by atoms with Crippen LogP contribution in [0.15, 0.2) is 0 Å². The fourth-order valence-corrected chi connectivity index (χ4v) is 2.78. The summed E-state index contributed by atoms with van der Waals surface area (Å²) in [5.41, 5.74) is -0.398. The maximum absolute atomic E-state index is 12.2. The molecule has 4 heteroatoms. The molecule has 1 N–H and O–H groups in total. The van der Waals surface area contributed by atoms with E-state index in [0.717, 1.165) is 26.1 Å². The van der Waals surface area contributed by atoms with Crippen LogP contribution in [0.25, 0.3) is 0 Å². The second-order valence-electron chi connectivity index (χ2n) is 6.16. The van der Waals surface area contributed by atoms with E-state index in [1.807, 2.05) is 25.7 Å². The summed E-state index contributed by atoms with van der Waals surface area (Å²) < 4.78 is 5.50. The molecular weight excluding hydrogens is 216 g/mol. The van der Waals surface area contributed by atoms with E-state index in [1.165, 1.54) is 12.8 Å². The van der Waals surface area contributed by atoms with Crippen LogP contribution in [-0.2, 0) is 4.74 Å². The lowest BCUT2D eigenvalue weighted by molar-refractivity contribution is 0.0155. The summed E-state index contributed by atoms with van der Waals surface area (Å²) >= 11 is 0. The highest BCUT2D eigenvalue weighted by atomic mass is 16.6. The van der Waals surface area contributed by atoms with Gasteiger partial charge in [-0.3, -0.25) is 0 Å². The molecule has 4 nitrogen and oxygen atoms in total. The van der Waals surface area contributed by atoms with E-state index in [2.05, 4.69) is 5.32 Å². The van der Waals surface area contributed by atoms with Crippen molar-refractivity contribution in [2.75, 3.05) is 19.6 Å². The van der Waals surface area contributed by atoms with E-state index in [9.17, 15) is 4.79 Å². The van der Waals surface area contributed by atoms with Crippen LogP contribution >= 0.6 is 0 Å². The summed E-state index contributed by atoms with van der Waals surface area (Å²) in [6, 6.07) is 0.340. The predicted molar refractivity (Wildman–Crippen MR) is 66.9 cm³/mol. The average molecular weight is 240 g/mol. The van der Waals surface area contributed by atoms with E-state index in [1.54, 1.807) is 0 Å². The second kappa shape index (κ2) is 4.84. The van der Waals surface area contributed by atoms with Gasteiger partial charge in [-0.25, -0.2) is 4.79 Å². The van der Waals surface area contributed by atoms with E-state index < -0.39 is 5.60 Å². The maximum Gasteiger partial charge on any atom is 0.410 e. The Hall–Kier alpha value is -0.770. The zero-order chi connectivity index (χ0) is 12.5. The molecule has 0 radical (unpaired) electrons. The van der Waals surface area contributed by atoms with Gasteiger partial charge in [-0.1, -0.05) is 6.42 Å². The highest BCUT2D eigenvalue weighted by Gasteiger charge is 2.37. The van der Waals surface area contributed by atoms with Crippen molar-refractivity contribution in [2.24, 2.45) is 5.92 Å². The van der Waals surface area contributed by atoms with Crippen molar-refractivity contribution in [3.05, 3.63) is 0 Å². The molecule has 0 saturated carbocycles. The molecular formula is C13H24N2O2. The Morgan fingerprint density at radius 1 is 1.29 bits per heavy atom. The van der Waals surface area contributed by atoms with Gasteiger partial charge in [0.15, 0.2) is 0 Å². The molecule has 2 heterocycles. The third-order valence-electron chi connectivity index (χ3n) is 3.56. The van der Waals surface area contributed by atoms with Crippen LogP contribution in [-0.4, -0.2) is 42.3 Å². The highest BCUT2D eigenvalue weighted by molar-refractivity contribution is 5.68. The Bertz CT molecular complexity index is 286. The third kappa shape index (κ3) is 3.12.